The maximum absolute atomic E-state index is 2.45. The van der Waals surface area contributed by atoms with Crippen LogP contribution in [-0.4, -0.2) is 4.57 Å². The van der Waals surface area contributed by atoms with E-state index in [2.05, 4.69) is 116 Å². The van der Waals surface area contributed by atoms with Gasteiger partial charge in [0.2, 0.25) is 0 Å². The quantitative estimate of drug-likeness (QED) is 0.324. The zero-order valence-corrected chi connectivity index (χ0v) is 17.4. The maximum atomic E-state index is 2.45. The number of fused-ring (bicyclic) bond motifs is 2. The topological polar surface area (TPSA) is 8.81 Å². The van der Waals surface area contributed by atoms with E-state index < -0.39 is 0 Å². The molecule has 0 fully saturated rings. The Morgan fingerprint density at radius 3 is 1.93 bits per heavy atom. The van der Waals surface area contributed by atoms with Crippen molar-refractivity contribution >= 4 is 21.8 Å². The fourth-order valence-electron chi connectivity index (χ4n) is 4.55. The van der Waals surface area contributed by atoms with E-state index in [4.69, 9.17) is 0 Å². The second-order valence-electron chi connectivity index (χ2n) is 7.96. The summed E-state index contributed by atoms with van der Waals surface area (Å²) in [7, 11) is 2.18. The third-order valence-corrected chi connectivity index (χ3v) is 6.02. The normalized spacial score (nSPS) is 11.4. The zero-order chi connectivity index (χ0) is 20.1. The van der Waals surface area contributed by atoms with Gasteiger partial charge in [0.05, 0.1) is 12.6 Å². The molecule has 5 rings (SSSR count). The molecule has 0 spiro atoms. The molecule has 0 unspecified atom stereocenters. The Kier molecular flexibility index (Phi) is 4.02. The number of imidazole rings is 1. The highest BCUT2D eigenvalue weighted by atomic mass is 15.2. The van der Waals surface area contributed by atoms with Crippen LogP contribution in [0.3, 0.4) is 0 Å². The van der Waals surface area contributed by atoms with Gasteiger partial charge >= 0.3 is 0 Å². The van der Waals surface area contributed by atoms with Crippen molar-refractivity contribution in [2.24, 2.45) is 7.05 Å². The van der Waals surface area contributed by atoms with Crippen LogP contribution in [0.25, 0.3) is 38.9 Å². The number of para-hydroxylation sites is 1. The molecule has 0 aliphatic heterocycles. The smallest absolute Gasteiger partial charge is 0.225 e. The molecule has 0 amide bonds. The lowest BCUT2D eigenvalue weighted by molar-refractivity contribution is -0.633. The van der Waals surface area contributed by atoms with Gasteiger partial charge in [0, 0.05) is 0 Å². The van der Waals surface area contributed by atoms with Crippen molar-refractivity contribution in [2.45, 2.75) is 20.8 Å². The van der Waals surface area contributed by atoms with Crippen molar-refractivity contribution < 1.29 is 4.57 Å². The summed E-state index contributed by atoms with van der Waals surface area (Å²) >= 11 is 0. The minimum Gasteiger partial charge on any atom is -0.225 e. The lowest BCUT2D eigenvalue weighted by Gasteiger charge is -2.10. The highest BCUT2D eigenvalue weighted by Crippen LogP contribution is 2.33. The summed E-state index contributed by atoms with van der Waals surface area (Å²) < 4.78 is 4.80. The largest absolute Gasteiger partial charge is 0.295 e. The highest BCUT2D eigenvalue weighted by Gasteiger charge is 2.29. The Morgan fingerprint density at radius 2 is 1.24 bits per heavy atom. The number of benzene rings is 4. The fraction of sp³-hybridized carbons (Fsp3) is 0.148. The van der Waals surface area contributed by atoms with Gasteiger partial charge in [-0.1, -0.05) is 60.7 Å². The summed E-state index contributed by atoms with van der Waals surface area (Å²) in [5.41, 5.74) is 8.86. The van der Waals surface area contributed by atoms with Gasteiger partial charge in [-0.2, -0.15) is 4.57 Å². The Bertz CT molecular complexity index is 1370. The van der Waals surface area contributed by atoms with Gasteiger partial charge in [-0.05, 0) is 66.4 Å². The van der Waals surface area contributed by atoms with Crippen molar-refractivity contribution in [3.8, 4) is 17.1 Å². The summed E-state index contributed by atoms with van der Waals surface area (Å²) in [5, 5.41) is 2.53. The average Bonchev–Trinajstić information content (AvgIpc) is 2.98. The minimum atomic E-state index is 1.21. The van der Waals surface area contributed by atoms with E-state index >= 15 is 0 Å². The van der Waals surface area contributed by atoms with Crippen molar-refractivity contribution in [1.29, 1.82) is 0 Å². The van der Waals surface area contributed by atoms with Crippen molar-refractivity contribution in [1.82, 2.24) is 4.57 Å². The van der Waals surface area contributed by atoms with Crippen LogP contribution in [0.15, 0.2) is 78.9 Å². The molecule has 2 nitrogen and oxygen atoms in total. The van der Waals surface area contributed by atoms with E-state index in [1.165, 1.54) is 55.6 Å². The second-order valence-corrected chi connectivity index (χ2v) is 7.96. The van der Waals surface area contributed by atoms with Crippen LogP contribution >= 0.6 is 0 Å². The number of aromatic nitrogens is 2. The fourth-order valence-corrected chi connectivity index (χ4v) is 4.55. The van der Waals surface area contributed by atoms with E-state index in [-0.39, 0.29) is 0 Å². The molecule has 0 saturated carbocycles. The van der Waals surface area contributed by atoms with Gasteiger partial charge in [-0.15, -0.1) is 0 Å². The summed E-state index contributed by atoms with van der Waals surface area (Å²) in [4.78, 5) is 0. The molecular formula is C27H25N2+. The van der Waals surface area contributed by atoms with Crippen LogP contribution < -0.4 is 4.57 Å². The molecule has 0 saturated heterocycles. The number of hydrogen-bond acceptors (Lipinski definition) is 0. The summed E-state index contributed by atoms with van der Waals surface area (Å²) in [6.07, 6.45) is 0. The number of hydrogen-bond donors (Lipinski definition) is 0. The van der Waals surface area contributed by atoms with Crippen LogP contribution in [0, 0.1) is 20.8 Å². The molecule has 0 N–H and O–H groups in total. The standard InChI is InChI=1S/C27H25N2/c1-18-10-5-8-15-23(18)27-28(4)24-16-21-13-6-7-14-22(21)17-25(24)29(27)26-19(2)11-9-12-20(26)3/h5-17H,1-4H3/q+1. The molecule has 0 bridgehead atoms. The average molecular weight is 378 g/mol. The Hall–Kier alpha value is -3.39. The molecule has 0 radical (unpaired) electrons. The van der Waals surface area contributed by atoms with E-state index in [0.717, 1.165) is 0 Å². The molecular weight excluding hydrogens is 352 g/mol. The Balaban J connectivity index is 2.02. The first-order chi connectivity index (χ1) is 14.1. The predicted molar refractivity (Wildman–Crippen MR) is 122 cm³/mol. The SMILES string of the molecule is Cc1ccccc1-c1n(-c2c(C)cccc2C)c2cc3ccccc3cc2[n+]1C. The molecule has 2 heteroatoms. The van der Waals surface area contributed by atoms with Gasteiger partial charge in [-0.3, -0.25) is 0 Å². The third-order valence-electron chi connectivity index (χ3n) is 6.02. The molecule has 0 atom stereocenters. The molecule has 5 aromatic rings. The highest BCUT2D eigenvalue weighted by molar-refractivity contribution is 5.96. The van der Waals surface area contributed by atoms with E-state index in [9.17, 15) is 0 Å². The number of aryl methyl sites for hydroxylation is 4. The minimum absolute atomic E-state index is 1.21. The molecule has 29 heavy (non-hydrogen) atoms. The van der Waals surface area contributed by atoms with Crippen LogP contribution in [0.2, 0.25) is 0 Å². The molecule has 0 aliphatic carbocycles. The summed E-state index contributed by atoms with van der Waals surface area (Å²) in [6, 6.07) is 28.5. The van der Waals surface area contributed by atoms with Gasteiger partial charge in [-0.25, -0.2) is 4.57 Å². The van der Waals surface area contributed by atoms with Gasteiger partial charge in [0.25, 0.3) is 5.82 Å². The van der Waals surface area contributed by atoms with Crippen molar-refractivity contribution in [3.63, 3.8) is 0 Å². The molecule has 4 aromatic carbocycles. The van der Waals surface area contributed by atoms with Gasteiger partial charge in [0.15, 0.2) is 11.0 Å². The van der Waals surface area contributed by atoms with Crippen LogP contribution in [0.1, 0.15) is 16.7 Å². The lowest BCUT2D eigenvalue weighted by atomic mass is 10.1. The number of rotatable bonds is 2. The monoisotopic (exact) mass is 377 g/mol. The van der Waals surface area contributed by atoms with Crippen molar-refractivity contribution in [2.75, 3.05) is 0 Å². The summed E-state index contributed by atoms with van der Waals surface area (Å²) in [5.74, 6) is 1.21. The Morgan fingerprint density at radius 1 is 0.655 bits per heavy atom. The van der Waals surface area contributed by atoms with Crippen molar-refractivity contribution in [3.05, 3.63) is 95.6 Å². The second kappa shape index (κ2) is 6.59. The first-order valence-electron chi connectivity index (χ1n) is 10.1. The van der Waals surface area contributed by atoms with Gasteiger partial charge < -0.3 is 0 Å². The van der Waals surface area contributed by atoms with Crippen LogP contribution in [0.4, 0.5) is 0 Å². The molecule has 1 aromatic heterocycles. The zero-order valence-electron chi connectivity index (χ0n) is 17.4. The maximum Gasteiger partial charge on any atom is 0.295 e. The van der Waals surface area contributed by atoms with E-state index in [1.807, 2.05) is 0 Å². The number of nitrogens with zero attached hydrogens (tertiary/aromatic N) is 2. The first kappa shape index (κ1) is 17.7. The van der Waals surface area contributed by atoms with Crippen LogP contribution in [0.5, 0.6) is 0 Å². The molecule has 0 aliphatic rings. The van der Waals surface area contributed by atoms with Crippen LogP contribution in [-0.2, 0) is 7.05 Å². The summed E-state index contributed by atoms with van der Waals surface area (Å²) in [6.45, 7) is 6.60. The molecule has 1 heterocycles. The predicted octanol–water partition coefficient (Wildman–Crippen LogP) is 6.20. The molecule has 142 valence electrons. The van der Waals surface area contributed by atoms with E-state index in [1.54, 1.807) is 0 Å². The van der Waals surface area contributed by atoms with E-state index in [0.29, 0.717) is 0 Å². The first-order valence-corrected chi connectivity index (χ1v) is 10.1. The third kappa shape index (κ3) is 2.67. The lowest BCUT2D eigenvalue weighted by Crippen LogP contribution is -2.30. The Labute approximate surface area is 171 Å². The van der Waals surface area contributed by atoms with Gasteiger partial charge in [0.1, 0.15) is 5.69 Å².